The number of methoxy groups -OCH3 is 1. The van der Waals surface area contributed by atoms with Crippen LogP contribution in [0, 0.1) is 0 Å². The van der Waals surface area contributed by atoms with Gasteiger partial charge in [0.15, 0.2) is 5.76 Å². The second-order valence-corrected chi connectivity index (χ2v) is 4.89. The van der Waals surface area contributed by atoms with Crippen LogP contribution in [0.25, 0.3) is 10.9 Å². The summed E-state index contributed by atoms with van der Waals surface area (Å²) >= 11 is 5.93. The van der Waals surface area contributed by atoms with Gasteiger partial charge in [0.2, 0.25) is 5.78 Å². The van der Waals surface area contributed by atoms with E-state index in [0.717, 1.165) is 16.5 Å². The number of carbonyl (C=O) groups excluding carboxylic acids is 1. The molecular formula is C15H12ClNO3. The fourth-order valence-electron chi connectivity index (χ4n) is 2.15. The highest BCUT2D eigenvalue weighted by molar-refractivity contribution is 6.31. The summed E-state index contributed by atoms with van der Waals surface area (Å²) in [5.74, 6) is 0.0962. The minimum absolute atomic E-state index is 0.200. The number of nitrogens with one attached hydrogen (secondary N) is 1. The van der Waals surface area contributed by atoms with Gasteiger partial charge in [0.1, 0.15) is 0 Å². The molecule has 0 aliphatic heterocycles. The molecule has 2 aromatic heterocycles. The number of hydrogen-bond donors (Lipinski definition) is 1. The summed E-state index contributed by atoms with van der Waals surface area (Å²) in [4.78, 5) is 15.5. The van der Waals surface area contributed by atoms with Crippen LogP contribution >= 0.6 is 11.6 Å². The molecule has 0 atom stereocenters. The predicted molar refractivity (Wildman–Crippen MR) is 76.2 cm³/mol. The average molecular weight is 290 g/mol. The van der Waals surface area contributed by atoms with Gasteiger partial charge in [0.05, 0.1) is 18.6 Å². The Bertz CT molecular complexity index is 772. The maximum atomic E-state index is 12.4. The Kier molecular flexibility index (Phi) is 3.34. The van der Waals surface area contributed by atoms with E-state index in [1.54, 1.807) is 31.4 Å². The van der Waals surface area contributed by atoms with Gasteiger partial charge in [-0.15, -0.1) is 0 Å². The van der Waals surface area contributed by atoms with Gasteiger partial charge in [0, 0.05) is 28.6 Å². The molecule has 1 N–H and O–H groups in total. The summed E-state index contributed by atoms with van der Waals surface area (Å²) in [5, 5.41) is 1.55. The van der Waals surface area contributed by atoms with Gasteiger partial charge in [-0.3, -0.25) is 4.79 Å². The number of ketones is 1. The lowest BCUT2D eigenvalue weighted by atomic mass is 10.1. The summed E-state index contributed by atoms with van der Waals surface area (Å²) < 4.78 is 10.3. The first kappa shape index (κ1) is 13.0. The Hall–Kier alpha value is -2.04. The molecular weight excluding hydrogens is 278 g/mol. The van der Waals surface area contributed by atoms with Crippen molar-refractivity contribution in [3.05, 3.63) is 58.6 Å². The van der Waals surface area contributed by atoms with E-state index in [-0.39, 0.29) is 5.78 Å². The van der Waals surface area contributed by atoms with E-state index in [1.165, 1.54) is 6.26 Å². The van der Waals surface area contributed by atoms with E-state index in [0.29, 0.717) is 23.1 Å². The molecule has 4 nitrogen and oxygen atoms in total. The molecule has 0 aliphatic rings. The number of halogens is 1. The number of benzene rings is 1. The van der Waals surface area contributed by atoms with Gasteiger partial charge < -0.3 is 14.1 Å². The number of ether oxygens (including phenoxy) is 1. The molecule has 20 heavy (non-hydrogen) atoms. The van der Waals surface area contributed by atoms with Gasteiger partial charge in [-0.2, -0.15) is 0 Å². The Morgan fingerprint density at radius 2 is 2.20 bits per heavy atom. The molecule has 5 heteroatoms. The number of furan rings is 1. The van der Waals surface area contributed by atoms with Gasteiger partial charge in [0.25, 0.3) is 0 Å². The molecule has 1 aromatic carbocycles. The maximum absolute atomic E-state index is 12.4. The molecule has 102 valence electrons. The number of fused-ring (bicyclic) bond motifs is 1. The lowest BCUT2D eigenvalue weighted by Crippen LogP contribution is -2.04. The van der Waals surface area contributed by atoms with Gasteiger partial charge in [-0.25, -0.2) is 0 Å². The highest BCUT2D eigenvalue weighted by Crippen LogP contribution is 2.23. The number of rotatable bonds is 4. The van der Waals surface area contributed by atoms with E-state index < -0.39 is 0 Å². The maximum Gasteiger partial charge on any atom is 0.244 e. The largest absolute Gasteiger partial charge is 0.460 e. The summed E-state index contributed by atoms with van der Waals surface area (Å²) in [6.45, 7) is 0.337. The van der Waals surface area contributed by atoms with E-state index >= 15 is 0 Å². The fourth-order valence-corrected chi connectivity index (χ4v) is 2.32. The molecule has 0 aliphatic carbocycles. The predicted octanol–water partition coefficient (Wildman–Crippen LogP) is 3.79. The zero-order chi connectivity index (χ0) is 14.1. The van der Waals surface area contributed by atoms with Crippen molar-refractivity contribution in [2.75, 3.05) is 7.11 Å². The number of aromatic amines is 1. The lowest BCUT2D eigenvalue weighted by molar-refractivity contribution is 0.0998. The topological polar surface area (TPSA) is 55.2 Å². The summed E-state index contributed by atoms with van der Waals surface area (Å²) in [6, 6.07) is 8.95. The second-order valence-electron chi connectivity index (χ2n) is 4.45. The van der Waals surface area contributed by atoms with Crippen LogP contribution in [0.1, 0.15) is 21.8 Å². The van der Waals surface area contributed by atoms with E-state index in [9.17, 15) is 4.79 Å². The van der Waals surface area contributed by atoms with Gasteiger partial charge in [-0.1, -0.05) is 17.7 Å². The Labute approximate surface area is 120 Å². The van der Waals surface area contributed by atoms with Crippen molar-refractivity contribution in [1.29, 1.82) is 0 Å². The SMILES string of the molecule is COCc1ccoc1C(=O)c1cc2ccc(Cl)cc2[nH]1. The summed E-state index contributed by atoms with van der Waals surface area (Å²) in [5.41, 5.74) is 2.02. The average Bonchev–Trinajstić information content (AvgIpc) is 3.04. The molecule has 0 saturated carbocycles. The molecule has 0 spiro atoms. The van der Waals surface area contributed by atoms with Crippen LogP contribution in [-0.2, 0) is 11.3 Å². The summed E-state index contributed by atoms with van der Waals surface area (Å²) in [6.07, 6.45) is 1.49. The van der Waals surface area contributed by atoms with E-state index in [2.05, 4.69) is 4.98 Å². The van der Waals surface area contributed by atoms with Crippen molar-refractivity contribution >= 4 is 28.3 Å². The van der Waals surface area contributed by atoms with Gasteiger partial charge in [-0.05, 0) is 24.3 Å². The van der Waals surface area contributed by atoms with Crippen molar-refractivity contribution < 1.29 is 13.9 Å². The molecule has 2 heterocycles. The first-order valence-electron chi connectivity index (χ1n) is 6.07. The number of hydrogen-bond acceptors (Lipinski definition) is 3. The molecule has 0 unspecified atom stereocenters. The van der Waals surface area contributed by atoms with Crippen molar-refractivity contribution in [2.24, 2.45) is 0 Å². The first-order valence-corrected chi connectivity index (χ1v) is 6.45. The van der Waals surface area contributed by atoms with Crippen molar-refractivity contribution in [2.45, 2.75) is 6.61 Å². The first-order chi connectivity index (χ1) is 9.69. The van der Waals surface area contributed by atoms with Crippen LogP contribution in [0.4, 0.5) is 0 Å². The smallest absolute Gasteiger partial charge is 0.244 e. The van der Waals surface area contributed by atoms with Crippen LogP contribution in [0.3, 0.4) is 0 Å². The normalized spacial score (nSPS) is 11.1. The zero-order valence-electron chi connectivity index (χ0n) is 10.8. The number of aromatic nitrogens is 1. The molecule has 0 amide bonds. The standard InChI is InChI=1S/C15H12ClNO3/c1-19-8-10-4-5-20-15(10)14(18)13-6-9-2-3-11(16)7-12(9)17-13/h2-7,17H,8H2,1H3. The van der Waals surface area contributed by atoms with Crippen molar-refractivity contribution in [1.82, 2.24) is 4.98 Å². The Morgan fingerprint density at radius 1 is 1.35 bits per heavy atom. The second kappa shape index (κ2) is 5.15. The quantitative estimate of drug-likeness (QED) is 0.743. The number of H-pyrrole nitrogens is 1. The molecule has 0 saturated heterocycles. The summed E-state index contributed by atoms with van der Waals surface area (Å²) in [7, 11) is 1.58. The molecule has 3 rings (SSSR count). The highest BCUT2D eigenvalue weighted by atomic mass is 35.5. The van der Waals surface area contributed by atoms with Crippen LogP contribution in [0.5, 0.6) is 0 Å². The molecule has 0 bridgehead atoms. The third kappa shape index (κ3) is 2.24. The monoisotopic (exact) mass is 289 g/mol. The molecule has 3 aromatic rings. The Morgan fingerprint density at radius 3 is 3.00 bits per heavy atom. The Balaban J connectivity index is 2.01. The zero-order valence-corrected chi connectivity index (χ0v) is 11.5. The van der Waals surface area contributed by atoms with E-state index in [4.69, 9.17) is 20.8 Å². The van der Waals surface area contributed by atoms with Crippen LogP contribution in [-0.4, -0.2) is 17.9 Å². The third-order valence-electron chi connectivity index (χ3n) is 3.08. The fraction of sp³-hybridized carbons (Fsp3) is 0.133. The third-order valence-corrected chi connectivity index (χ3v) is 3.32. The molecule has 0 radical (unpaired) electrons. The minimum Gasteiger partial charge on any atom is -0.460 e. The van der Waals surface area contributed by atoms with Crippen LogP contribution < -0.4 is 0 Å². The van der Waals surface area contributed by atoms with E-state index in [1.807, 2.05) is 6.07 Å². The van der Waals surface area contributed by atoms with Crippen molar-refractivity contribution in [3.8, 4) is 0 Å². The van der Waals surface area contributed by atoms with Crippen molar-refractivity contribution in [3.63, 3.8) is 0 Å². The lowest BCUT2D eigenvalue weighted by Gasteiger charge is -1.99. The van der Waals surface area contributed by atoms with Crippen LogP contribution in [0.2, 0.25) is 5.02 Å². The number of carbonyl (C=O) groups is 1. The highest BCUT2D eigenvalue weighted by Gasteiger charge is 2.19. The minimum atomic E-state index is -0.200. The van der Waals surface area contributed by atoms with Crippen LogP contribution in [0.15, 0.2) is 41.0 Å². The molecule has 0 fully saturated rings. The van der Waals surface area contributed by atoms with Gasteiger partial charge >= 0.3 is 0 Å².